The number of hydrogen-bond donors (Lipinski definition) is 7. The normalized spacial score (nSPS) is 15.1. The largest absolute Gasteiger partial charge is 0.493 e. The summed E-state index contributed by atoms with van der Waals surface area (Å²) in [4.78, 5) is 36.4. The number of amides is 2. The molecule has 2 atom stereocenters. The van der Waals surface area contributed by atoms with Crippen molar-refractivity contribution in [3.05, 3.63) is 57.6 Å². The van der Waals surface area contributed by atoms with E-state index in [1.54, 1.807) is 24.3 Å². The van der Waals surface area contributed by atoms with Crippen LogP contribution in [0.25, 0.3) is 0 Å². The number of carbonyl (C=O) groups excluding carboxylic acids is 2. The Morgan fingerprint density at radius 1 is 1.19 bits per heavy atom. The van der Waals surface area contributed by atoms with E-state index < -0.39 is 24.3 Å². The SMILES string of the molecule is N=C(N)Nc1ccc2c(c1)[C@H](NCC(=O)NC[C@@H](CC(=O)O)NC(=O)c1c(Cl)cccc1Cl)CCO2. The molecule has 2 aromatic rings. The Hall–Kier alpha value is -3.54. The summed E-state index contributed by atoms with van der Waals surface area (Å²) >= 11 is 12.1. The number of anilines is 1. The lowest BCUT2D eigenvalue weighted by Gasteiger charge is -2.27. The molecule has 0 aromatic heterocycles. The third-order valence-electron chi connectivity index (χ3n) is 5.33. The minimum Gasteiger partial charge on any atom is -0.493 e. The average molecular weight is 537 g/mol. The summed E-state index contributed by atoms with van der Waals surface area (Å²) < 4.78 is 5.66. The number of benzene rings is 2. The van der Waals surface area contributed by atoms with Crippen LogP contribution >= 0.6 is 23.2 Å². The monoisotopic (exact) mass is 536 g/mol. The number of rotatable bonds is 10. The van der Waals surface area contributed by atoms with E-state index >= 15 is 0 Å². The van der Waals surface area contributed by atoms with Crippen LogP contribution in [0.2, 0.25) is 10.0 Å². The number of hydrogen-bond acceptors (Lipinski definition) is 6. The van der Waals surface area contributed by atoms with Crippen LogP contribution < -0.4 is 31.7 Å². The molecule has 0 saturated heterocycles. The molecule has 11 nitrogen and oxygen atoms in total. The van der Waals surface area contributed by atoms with Crippen LogP contribution in [0.3, 0.4) is 0 Å². The predicted octanol–water partition coefficient (Wildman–Crippen LogP) is 2.10. The van der Waals surface area contributed by atoms with E-state index in [0.29, 0.717) is 24.5 Å². The van der Waals surface area contributed by atoms with Gasteiger partial charge in [-0.15, -0.1) is 0 Å². The fourth-order valence-corrected chi connectivity index (χ4v) is 4.28. The number of guanidine groups is 1. The Kier molecular flexibility index (Phi) is 9.34. The zero-order valence-corrected chi connectivity index (χ0v) is 20.6. The molecule has 0 radical (unpaired) electrons. The van der Waals surface area contributed by atoms with Gasteiger partial charge in [0.05, 0.1) is 41.2 Å². The fourth-order valence-electron chi connectivity index (χ4n) is 3.71. The first kappa shape index (κ1) is 27.1. The molecule has 192 valence electrons. The van der Waals surface area contributed by atoms with Crippen LogP contribution in [0, 0.1) is 5.41 Å². The van der Waals surface area contributed by atoms with Crippen molar-refractivity contribution in [2.75, 3.05) is 25.0 Å². The Labute approximate surface area is 217 Å². The number of nitrogens with one attached hydrogen (secondary N) is 5. The standard InChI is InChI=1S/C23H26Cl2N6O5/c24-15-2-1-3-16(25)21(15)22(35)30-13(9-20(33)34)10-29-19(32)11-28-17-6-7-36-18-5-4-12(8-14(17)18)31-23(26)27/h1-5,8,13,17,28H,6-7,9-11H2,(H,29,32)(H,30,35)(H,33,34)(H4,26,27,31)/t13-,17-/m1/s1. The number of carboxylic acid groups (broad SMARTS) is 1. The van der Waals surface area contributed by atoms with Crippen molar-refractivity contribution >= 4 is 52.6 Å². The molecular weight excluding hydrogens is 511 g/mol. The lowest BCUT2D eigenvalue weighted by molar-refractivity contribution is -0.137. The third-order valence-corrected chi connectivity index (χ3v) is 5.96. The van der Waals surface area contributed by atoms with Crippen molar-refractivity contribution < 1.29 is 24.2 Å². The van der Waals surface area contributed by atoms with Gasteiger partial charge in [-0.1, -0.05) is 29.3 Å². The molecule has 13 heteroatoms. The van der Waals surface area contributed by atoms with Crippen LogP contribution in [0.5, 0.6) is 5.75 Å². The number of aliphatic carboxylic acids is 1. The molecule has 36 heavy (non-hydrogen) atoms. The van der Waals surface area contributed by atoms with Crippen molar-refractivity contribution in [3.63, 3.8) is 0 Å². The highest BCUT2D eigenvalue weighted by Crippen LogP contribution is 2.34. The average Bonchev–Trinajstić information content (AvgIpc) is 2.80. The molecule has 0 bridgehead atoms. The van der Waals surface area contributed by atoms with E-state index in [9.17, 15) is 19.5 Å². The van der Waals surface area contributed by atoms with Crippen molar-refractivity contribution in [2.24, 2.45) is 5.73 Å². The zero-order chi connectivity index (χ0) is 26.2. The maximum absolute atomic E-state index is 12.6. The Balaban J connectivity index is 1.57. The van der Waals surface area contributed by atoms with Crippen LogP contribution in [0.15, 0.2) is 36.4 Å². The quantitative estimate of drug-likeness (QED) is 0.178. The van der Waals surface area contributed by atoms with E-state index in [4.69, 9.17) is 39.1 Å². The first-order valence-corrected chi connectivity index (χ1v) is 11.7. The number of ether oxygens (including phenoxy) is 1. The summed E-state index contributed by atoms with van der Waals surface area (Å²) in [6, 6.07) is 8.79. The second-order valence-corrected chi connectivity index (χ2v) is 8.85. The predicted molar refractivity (Wildman–Crippen MR) is 136 cm³/mol. The second-order valence-electron chi connectivity index (χ2n) is 8.03. The van der Waals surface area contributed by atoms with Crippen molar-refractivity contribution in [1.82, 2.24) is 16.0 Å². The van der Waals surface area contributed by atoms with Crippen LogP contribution in [0.4, 0.5) is 5.69 Å². The molecule has 1 aliphatic heterocycles. The molecule has 0 fully saturated rings. The van der Waals surface area contributed by atoms with Crippen molar-refractivity contribution in [1.29, 1.82) is 5.41 Å². The molecule has 2 aromatic carbocycles. The van der Waals surface area contributed by atoms with Gasteiger partial charge in [0.25, 0.3) is 5.91 Å². The number of carboxylic acids is 1. The van der Waals surface area contributed by atoms with Crippen molar-refractivity contribution in [2.45, 2.75) is 24.9 Å². The smallest absolute Gasteiger partial charge is 0.305 e. The van der Waals surface area contributed by atoms with Gasteiger partial charge in [0.2, 0.25) is 5.91 Å². The topological polar surface area (TPSA) is 179 Å². The lowest BCUT2D eigenvalue weighted by Crippen LogP contribution is -2.47. The summed E-state index contributed by atoms with van der Waals surface area (Å²) in [6.07, 6.45) is 0.195. The van der Waals surface area contributed by atoms with Gasteiger partial charge in [0, 0.05) is 30.3 Å². The molecule has 0 spiro atoms. The van der Waals surface area contributed by atoms with E-state index in [-0.39, 0.29) is 46.6 Å². The molecule has 0 unspecified atom stereocenters. The molecule has 1 aliphatic rings. The van der Waals surface area contributed by atoms with E-state index in [0.717, 1.165) is 5.56 Å². The van der Waals surface area contributed by atoms with Gasteiger partial charge >= 0.3 is 5.97 Å². The van der Waals surface area contributed by atoms with Crippen LogP contribution in [-0.4, -0.2) is 54.6 Å². The minimum absolute atomic E-state index is 0.0287. The molecule has 2 amide bonds. The molecule has 0 aliphatic carbocycles. The van der Waals surface area contributed by atoms with Gasteiger partial charge < -0.3 is 36.8 Å². The van der Waals surface area contributed by atoms with Gasteiger partial charge in [0.15, 0.2) is 5.96 Å². The highest BCUT2D eigenvalue weighted by atomic mass is 35.5. The molecule has 8 N–H and O–H groups in total. The molecule has 3 rings (SSSR count). The molecular formula is C23H26Cl2N6O5. The Bertz CT molecular complexity index is 1140. The highest BCUT2D eigenvalue weighted by Gasteiger charge is 2.24. The maximum Gasteiger partial charge on any atom is 0.305 e. The first-order chi connectivity index (χ1) is 17.1. The number of carbonyl (C=O) groups is 3. The summed E-state index contributed by atoms with van der Waals surface area (Å²) in [5, 5.41) is 27.9. The summed E-state index contributed by atoms with van der Waals surface area (Å²) in [7, 11) is 0. The van der Waals surface area contributed by atoms with E-state index in [2.05, 4.69) is 21.3 Å². The number of nitrogens with two attached hydrogens (primary N) is 1. The highest BCUT2D eigenvalue weighted by molar-refractivity contribution is 6.39. The van der Waals surface area contributed by atoms with Crippen molar-refractivity contribution in [3.8, 4) is 5.75 Å². The second kappa shape index (κ2) is 12.4. The van der Waals surface area contributed by atoms with Gasteiger partial charge in [-0.3, -0.25) is 19.8 Å². The van der Waals surface area contributed by atoms with Gasteiger partial charge in [-0.2, -0.15) is 0 Å². The number of halogens is 2. The lowest BCUT2D eigenvalue weighted by atomic mass is 10.00. The van der Waals surface area contributed by atoms with E-state index in [1.165, 1.54) is 12.1 Å². The van der Waals surface area contributed by atoms with E-state index in [1.807, 2.05) is 0 Å². The molecule has 0 saturated carbocycles. The van der Waals surface area contributed by atoms with Crippen LogP contribution in [-0.2, 0) is 9.59 Å². The molecule has 1 heterocycles. The van der Waals surface area contributed by atoms with Gasteiger partial charge in [-0.25, -0.2) is 0 Å². The Morgan fingerprint density at radius 3 is 2.58 bits per heavy atom. The minimum atomic E-state index is -1.15. The fraction of sp³-hybridized carbons (Fsp3) is 0.304. The summed E-state index contributed by atoms with van der Waals surface area (Å²) in [5.74, 6) is -1.71. The number of fused-ring (bicyclic) bond motifs is 1. The van der Waals surface area contributed by atoms with Crippen LogP contribution in [0.1, 0.15) is 34.8 Å². The maximum atomic E-state index is 12.6. The van der Waals surface area contributed by atoms with Gasteiger partial charge in [0.1, 0.15) is 5.75 Å². The summed E-state index contributed by atoms with van der Waals surface area (Å²) in [5.41, 5.74) is 6.86. The Morgan fingerprint density at radius 2 is 1.92 bits per heavy atom. The third kappa shape index (κ3) is 7.48. The van der Waals surface area contributed by atoms with Gasteiger partial charge in [-0.05, 0) is 30.3 Å². The first-order valence-electron chi connectivity index (χ1n) is 11.0. The summed E-state index contributed by atoms with van der Waals surface area (Å²) in [6.45, 7) is 0.291. The zero-order valence-electron chi connectivity index (χ0n) is 19.1.